The molecule has 1 atom stereocenters. The largest absolute Gasteiger partial charge is 0.508 e. The molecule has 0 radical (unpaired) electrons. The van der Waals surface area contributed by atoms with Crippen LogP contribution in [0, 0.1) is 0 Å². The monoisotopic (exact) mass is 305 g/mol. The SMILES string of the molecule is CC(C)(C)OC(=O)N1CCC(c2ccc(O)cc2)CC1(C)C. The number of nitrogens with zero attached hydrogens (tertiary/aromatic N) is 1. The molecule has 1 unspecified atom stereocenters. The summed E-state index contributed by atoms with van der Waals surface area (Å²) in [6.07, 6.45) is 1.56. The highest BCUT2D eigenvalue weighted by atomic mass is 16.6. The van der Waals surface area contributed by atoms with Crippen molar-refractivity contribution in [3.05, 3.63) is 29.8 Å². The van der Waals surface area contributed by atoms with Crippen molar-refractivity contribution >= 4 is 6.09 Å². The molecule has 1 aliphatic rings. The lowest BCUT2D eigenvalue weighted by atomic mass is 9.79. The summed E-state index contributed by atoms with van der Waals surface area (Å²) in [5.41, 5.74) is 0.499. The molecule has 0 aromatic heterocycles. The molecule has 122 valence electrons. The average molecular weight is 305 g/mol. The minimum atomic E-state index is -0.471. The number of carbonyl (C=O) groups excluding carboxylic acids is 1. The lowest BCUT2D eigenvalue weighted by Crippen LogP contribution is -2.53. The number of rotatable bonds is 1. The molecule has 4 nitrogen and oxygen atoms in total. The quantitative estimate of drug-likeness (QED) is 0.842. The van der Waals surface area contributed by atoms with Gasteiger partial charge in [-0.1, -0.05) is 12.1 Å². The van der Waals surface area contributed by atoms with E-state index in [9.17, 15) is 9.90 Å². The van der Waals surface area contributed by atoms with Crippen LogP contribution in [-0.2, 0) is 4.74 Å². The Morgan fingerprint density at radius 3 is 2.36 bits per heavy atom. The molecule has 1 fully saturated rings. The van der Waals surface area contributed by atoms with E-state index in [4.69, 9.17) is 4.74 Å². The van der Waals surface area contributed by atoms with Crippen LogP contribution in [0.3, 0.4) is 0 Å². The van der Waals surface area contributed by atoms with Crippen molar-refractivity contribution in [3.63, 3.8) is 0 Å². The van der Waals surface area contributed by atoms with Gasteiger partial charge in [-0.3, -0.25) is 0 Å². The molecular formula is C18H27NO3. The smallest absolute Gasteiger partial charge is 0.410 e. The van der Waals surface area contributed by atoms with Crippen LogP contribution in [0.25, 0.3) is 0 Å². The predicted molar refractivity (Wildman–Crippen MR) is 87.1 cm³/mol. The van der Waals surface area contributed by atoms with E-state index in [1.165, 1.54) is 5.56 Å². The van der Waals surface area contributed by atoms with Crippen LogP contribution in [0.2, 0.25) is 0 Å². The fraction of sp³-hybridized carbons (Fsp3) is 0.611. The zero-order chi connectivity index (χ0) is 16.5. The summed E-state index contributed by atoms with van der Waals surface area (Å²) in [4.78, 5) is 14.2. The zero-order valence-electron chi connectivity index (χ0n) is 14.2. The number of ether oxygens (including phenoxy) is 1. The van der Waals surface area contributed by atoms with Crippen LogP contribution in [0.15, 0.2) is 24.3 Å². The Hall–Kier alpha value is -1.71. The molecule has 1 aliphatic heterocycles. The third-order valence-corrected chi connectivity index (χ3v) is 4.16. The molecular weight excluding hydrogens is 278 g/mol. The van der Waals surface area contributed by atoms with Crippen LogP contribution < -0.4 is 0 Å². The third-order valence-electron chi connectivity index (χ3n) is 4.16. The van der Waals surface area contributed by atoms with Gasteiger partial charge in [-0.15, -0.1) is 0 Å². The Balaban J connectivity index is 2.09. The number of likely N-dealkylation sites (tertiary alicyclic amines) is 1. The van der Waals surface area contributed by atoms with E-state index in [1.54, 1.807) is 12.1 Å². The number of piperidine rings is 1. The number of carbonyl (C=O) groups is 1. The van der Waals surface area contributed by atoms with Gasteiger partial charge in [0.1, 0.15) is 11.4 Å². The number of amides is 1. The normalized spacial score (nSPS) is 21.5. The first-order valence-corrected chi connectivity index (χ1v) is 7.88. The summed E-state index contributed by atoms with van der Waals surface area (Å²) in [6.45, 7) is 10.5. The number of hydrogen-bond donors (Lipinski definition) is 1. The van der Waals surface area contributed by atoms with Crippen LogP contribution in [0.5, 0.6) is 5.75 Å². The van der Waals surface area contributed by atoms with Gasteiger partial charge in [0.15, 0.2) is 0 Å². The van der Waals surface area contributed by atoms with Gasteiger partial charge in [-0.2, -0.15) is 0 Å². The summed E-state index contributed by atoms with van der Waals surface area (Å²) < 4.78 is 5.52. The van der Waals surface area contributed by atoms with Gasteiger partial charge in [-0.25, -0.2) is 4.79 Å². The summed E-state index contributed by atoms with van der Waals surface area (Å²) >= 11 is 0. The highest BCUT2D eigenvalue weighted by Crippen LogP contribution is 2.38. The van der Waals surface area contributed by atoms with E-state index >= 15 is 0 Å². The van der Waals surface area contributed by atoms with Crippen molar-refractivity contribution in [1.82, 2.24) is 4.90 Å². The van der Waals surface area contributed by atoms with Gasteiger partial charge < -0.3 is 14.7 Å². The molecule has 1 aromatic rings. The maximum absolute atomic E-state index is 12.4. The molecule has 22 heavy (non-hydrogen) atoms. The fourth-order valence-electron chi connectivity index (χ4n) is 3.09. The molecule has 4 heteroatoms. The van der Waals surface area contributed by atoms with Crippen LogP contribution in [0.1, 0.15) is 58.9 Å². The van der Waals surface area contributed by atoms with Gasteiger partial charge >= 0.3 is 6.09 Å². The molecule has 1 amide bonds. The van der Waals surface area contributed by atoms with E-state index in [0.717, 1.165) is 12.8 Å². The van der Waals surface area contributed by atoms with Gasteiger partial charge in [-0.05, 0) is 71.1 Å². The van der Waals surface area contributed by atoms with Crippen molar-refractivity contribution in [1.29, 1.82) is 0 Å². The fourth-order valence-corrected chi connectivity index (χ4v) is 3.09. The highest BCUT2D eigenvalue weighted by Gasteiger charge is 2.39. The summed E-state index contributed by atoms with van der Waals surface area (Å²) in [6, 6.07) is 7.39. The Morgan fingerprint density at radius 2 is 1.86 bits per heavy atom. The van der Waals surface area contributed by atoms with Gasteiger partial charge in [0, 0.05) is 12.1 Å². The number of hydrogen-bond acceptors (Lipinski definition) is 3. The van der Waals surface area contributed by atoms with Crippen LogP contribution >= 0.6 is 0 Å². The minimum absolute atomic E-state index is 0.235. The number of benzene rings is 1. The number of aromatic hydroxyl groups is 1. The van der Waals surface area contributed by atoms with Crippen LogP contribution in [-0.4, -0.2) is 33.8 Å². The second kappa shape index (κ2) is 5.82. The molecule has 0 aliphatic carbocycles. The van der Waals surface area contributed by atoms with Crippen molar-refractivity contribution in [2.75, 3.05) is 6.54 Å². The predicted octanol–water partition coefficient (Wildman–Crippen LogP) is 4.29. The maximum Gasteiger partial charge on any atom is 0.410 e. The van der Waals surface area contributed by atoms with E-state index in [2.05, 4.69) is 13.8 Å². The van der Waals surface area contributed by atoms with Gasteiger partial charge in [0.05, 0.1) is 0 Å². The first-order chi connectivity index (χ1) is 10.1. The Bertz CT molecular complexity index is 528. The van der Waals surface area contributed by atoms with E-state index in [1.807, 2.05) is 37.8 Å². The molecule has 0 saturated carbocycles. The molecule has 1 saturated heterocycles. The Kier molecular flexibility index (Phi) is 4.41. The summed E-state index contributed by atoms with van der Waals surface area (Å²) in [5, 5.41) is 9.41. The van der Waals surface area contributed by atoms with Crippen molar-refractivity contribution in [3.8, 4) is 5.75 Å². The minimum Gasteiger partial charge on any atom is -0.508 e. The molecule has 1 N–H and O–H groups in total. The highest BCUT2D eigenvalue weighted by molar-refractivity contribution is 5.69. The average Bonchev–Trinajstić information content (AvgIpc) is 2.36. The molecule has 1 heterocycles. The van der Waals surface area contributed by atoms with Crippen molar-refractivity contribution in [2.24, 2.45) is 0 Å². The topological polar surface area (TPSA) is 49.8 Å². The number of phenolic OH excluding ortho intramolecular Hbond substituents is 1. The van der Waals surface area contributed by atoms with Crippen molar-refractivity contribution < 1.29 is 14.6 Å². The van der Waals surface area contributed by atoms with Crippen molar-refractivity contribution in [2.45, 2.75) is 64.5 Å². The Morgan fingerprint density at radius 1 is 1.27 bits per heavy atom. The lowest BCUT2D eigenvalue weighted by molar-refractivity contribution is -0.00931. The molecule has 0 bridgehead atoms. The maximum atomic E-state index is 12.4. The number of phenols is 1. The standard InChI is InChI=1S/C18H27NO3/c1-17(2,3)22-16(21)19-11-10-14(12-18(19,4)5)13-6-8-15(20)9-7-13/h6-9,14,20H,10-12H2,1-5H3. The van der Waals surface area contributed by atoms with E-state index < -0.39 is 5.60 Å². The first kappa shape index (κ1) is 16.7. The summed E-state index contributed by atoms with van der Waals surface area (Å²) in [5.74, 6) is 0.684. The Labute approximate surface area is 133 Å². The van der Waals surface area contributed by atoms with Gasteiger partial charge in [0.25, 0.3) is 0 Å². The van der Waals surface area contributed by atoms with Gasteiger partial charge in [0.2, 0.25) is 0 Å². The molecule has 0 spiro atoms. The summed E-state index contributed by atoms with van der Waals surface area (Å²) in [7, 11) is 0. The second-order valence-electron chi connectivity index (χ2n) is 7.73. The molecule has 2 rings (SSSR count). The van der Waals surface area contributed by atoms with E-state index in [0.29, 0.717) is 12.5 Å². The lowest BCUT2D eigenvalue weighted by Gasteiger charge is -2.45. The molecule has 1 aromatic carbocycles. The zero-order valence-corrected chi connectivity index (χ0v) is 14.2. The second-order valence-corrected chi connectivity index (χ2v) is 7.73. The van der Waals surface area contributed by atoms with E-state index in [-0.39, 0.29) is 17.4 Å². The third kappa shape index (κ3) is 3.93. The first-order valence-electron chi connectivity index (χ1n) is 7.88. The van der Waals surface area contributed by atoms with Crippen LogP contribution in [0.4, 0.5) is 4.79 Å².